The Labute approximate surface area is 175 Å². The molecule has 7 heteroatoms. The van der Waals surface area contributed by atoms with Crippen LogP contribution in [-0.2, 0) is 22.2 Å². The molecule has 1 aromatic carbocycles. The van der Waals surface area contributed by atoms with Gasteiger partial charge in [0.25, 0.3) is 5.91 Å². The first-order valence-corrected chi connectivity index (χ1v) is 10.9. The van der Waals surface area contributed by atoms with Gasteiger partial charge in [-0.2, -0.15) is 0 Å². The number of fused-ring (bicyclic) bond motifs is 1. The number of amides is 1. The zero-order valence-corrected chi connectivity index (χ0v) is 18.9. The van der Waals surface area contributed by atoms with Crippen molar-refractivity contribution in [2.75, 3.05) is 40.1 Å². The van der Waals surface area contributed by atoms with Crippen LogP contribution in [-0.4, -0.2) is 59.0 Å². The first-order chi connectivity index (χ1) is 13.7. The lowest BCUT2D eigenvalue weighted by molar-refractivity contribution is -0.110. The molecule has 0 spiro atoms. The largest absolute Gasteiger partial charge is 0.359 e. The molecule has 2 N–H and O–H groups in total. The first-order valence-electron chi connectivity index (χ1n) is 9.78. The van der Waals surface area contributed by atoms with E-state index < -0.39 is 11.0 Å². The van der Waals surface area contributed by atoms with E-state index in [9.17, 15) is 9.00 Å². The van der Waals surface area contributed by atoms with Crippen molar-refractivity contribution in [3.8, 4) is 0 Å². The maximum atomic E-state index is 12.6. The molecule has 1 amide bonds. The summed E-state index contributed by atoms with van der Waals surface area (Å²) in [6, 6.07) is 5.47. The second kappa shape index (κ2) is 8.65. The van der Waals surface area contributed by atoms with Crippen molar-refractivity contribution in [3.63, 3.8) is 0 Å². The van der Waals surface area contributed by atoms with Crippen LogP contribution in [0.2, 0.25) is 0 Å². The van der Waals surface area contributed by atoms with Crippen LogP contribution in [0.5, 0.6) is 0 Å². The number of hydrogen-bond donors (Lipinski definition) is 2. The molecule has 1 unspecified atom stereocenters. The number of carbonyl (C=O) groups excluding carboxylic acids is 1. The third-order valence-corrected chi connectivity index (χ3v) is 6.58. The topological polar surface area (TPSA) is 68.4 Å². The Hall–Kier alpha value is -2.22. The van der Waals surface area contributed by atoms with Gasteiger partial charge in [-0.1, -0.05) is 0 Å². The van der Waals surface area contributed by atoms with E-state index >= 15 is 0 Å². The summed E-state index contributed by atoms with van der Waals surface area (Å²) in [6.07, 6.45) is 4.01. The zero-order valence-electron chi connectivity index (χ0n) is 18.0. The van der Waals surface area contributed by atoms with Crippen LogP contribution in [0, 0.1) is 13.8 Å². The number of hydrogen-bond acceptors (Lipinski definition) is 3. The summed E-state index contributed by atoms with van der Waals surface area (Å²) in [5.41, 5.74) is 6.76. The number of aromatic amines is 1. The fourth-order valence-corrected chi connectivity index (χ4v) is 4.51. The minimum Gasteiger partial charge on any atom is -0.359 e. The second-order valence-electron chi connectivity index (χ2n) is 7.96. The fraction of sp³-hybridized carbons (Fsp3) is 0.409. The zero-order chi connectivity index (χ0) is 21.3. The van der Waals surface area contributed by atoms with Crippen molar-refractivity contribution in [2.45, 2.75) is 31.6 Å². The number of aromatic nitrogens is 1. The summed E-state index contributed by atoms with van der Waals surface area (Å²) < 4.78 is 14.1. The normalized spacial score (nSPS) is 16.0. The number of aryl methyl sites for hydroxylation is 1. The average Bonchev–Trinajstić information content (AvgIpc) is 3.11. The van der Waals surface area contributed by atoms with E-state index in [4.69, 9.17) is 0 Å². The van der Waals surface area contributed by atoms with Crippen molar-refractivity contribution in [1.29, 1.82) is 0 Å². The number of benzene rings is 1. The standard InChI is InChI=1S/C22H30N4O2S/c1-14-17(8-7-11-25(3)4)15(2)23-21(14)13-19-18-12-16(29(28)26(5)6)9-10-20(18)24-22(19)27/h9-10,12-13,23H,7-8,11H2,1-6H3,(H,24,27). The molecular formula is C22H30N4O2S. The van der Waals surface area contributed by atoms with Gasteiger partial charge in [0.2, 0.25) is 0 Å². The molecule has 3 rings (SSSR count). The van der Waals surface area contributed by atoms with E-state index in [1.807, 2.05) is 18.2 Å². The molecule has 1 aliphatic rings. The lowest BCUT2D eigenvalue weighted by atomic mass is 10.0. The molecule has 156 valence electrons. The molecular weight excluding hydrogens is 384 g/mol. The highest BCUT2D eigenvalue weighted by Gasteiger charge is 2.26. The predicted octanol–water partition coefficient (Wildman–Crippen LogP) is 3.20. The van der Waals surface area contributed by atoms with Crippen LogP contribution >= 0.6 is 0 Å². The van der Waals surface area contributed by atoms with Crippen LogP contribution in [0.3, 0.4) is 0 Å². The number of anilines is 1. The van der Waals surface area contributed by atoms with Crippen LogP contribution in [0.15, 0.2) is 23.1 Å². The third-order valence-electron chi connectivity index (χ3n) is 5.26. The molecule has 6 nitrogen and oxygen atoms in total. The van der Waals surface area contributed by atoms with Gasteiger partial charge in [0.05, 0.1) is 10.5 Å². The number of rotatable bonds is 7. The smallest absolute Gasteiger partial charge is 0.256 e. The first kappa shape index (κ1) is 21.5. The van der Waals surface area contributed by atoms with E-state index in [0.29, 0.717) is 10.5 Å². The van der Waals surface area contributed by atoms with Gasteiger partial charge >= 0.3 is 0 Å². The highest BCUT2D eigenvalue weighted by atomic mass is 32.2. The predicted molar refractivity (Wildman–Crippen MR) is 120 cm³/mol. The minimum absolute atomic E-state index is 0.131. The molecule has 0 saturated carbocycles. The minimum atomic E-state index is -1.26. The van der Waals surface area contributed by atoms with Crippen LogP contribution in [0.25, 0.3) is 11.6 Å². The van der Waals surface area contributed by atoms with E-state index in [1.165, 1.54) is 11.1 Å². The lowest BCUT2D eigenvalue weighted by Gasteiger charge is -2.10. The highest BCUT2D eigenvalue weighted by Crippen LogP contribution is 2.35. The molecule has 1 atom stereocenters. The summed E-state index contributed by atoms with van der Waals surface area (Å²) in [5, 5.41) is 2.91. The van der Waals surface area contributed by atoms with Crippen molar-refractivity contribution in [1.82, 2.24) is 14.2 Å². The molecule has 1 aliphatic heterocycles. The Morgan fingerprint density at radius 3 is 2.52 bits per heavy atom. The fourth-order valence-electron chi connectivity index (χ4n) is 3.68. The van der Waals surface area contributed by atoms with Crippen molar-refractivity contribution in [3.05, 3.63) is 46.3 Å². The molecule has 29 heavy (non-hydrogen) atoms. The number of nitrogens with zero attached hydrogens (tertiary/aromatic N) is 2. The SMILES string of the molecule is Cc1[nH]c(C=C2C(=O)Nc3ccc(S(=O)N(C)C)cc32)c(C)c1CCCN(C)C. The molecule has 0 bridgehead atoms. The molecule has 0 fully saturated rings. The Morgan fingerprint density at radius 1 is 1.14 bits per heavy atom. The van der Waals surface area contributed by atoms with Gasteiger partial charge in [-0.15, -0.1) is 0 Å². The molecule has 1 aromatic heterocycles. The Bertz CT molecular complexity index is 989. The summed E-state index contributed by atoms with van der Waals surface area (Å²) in [6.45, 7) is 5.23. The highest BCUT2D eigenvalue weighted by molar-refractivity contribution is 7.82. The van der Waals surface area contributed by atoms with Crippen molar-refractivity contribution < 1.29 is 9.00 Å². The second-order valence-corrected chi connectivity index (χ2v) is 9.66. The quantitative estimate of drug-likeness (QED) is 0.684. The van der Waals surface area contributed by atoms with Gasteiger partial charge in [-0.25, -0.2) is 8.51 Å². The monoisotopic (exact) mass is 414 g/mol. The average molecular weight is 415 g/mol. The Kier molecular flexibility index (Phi) is 6.41. The molecule has 2 heterocycles. The van der Waals surface area contributed by atoms with E-state index in [1.54, 1.807) is 24.5 Å². The number of carbonyl (C=O) groups is 1. The Morgan fingerprint density at radius 2 is 1.86 bits per heavy atom. The molecule has 0 aliphatic carbocycles. The van der Waals surface area contributed by atoms with E-state index in [2.05, 4.69) is 43.1 Å². The van der Waals surface area contributed by atoms with E-state index in [-0.39, 0.29) is 5.91 Å². The summed E-state index contributed by atoms with van der Waals surface area (Å²) >= 11 is 0. The summed E-state index contributed by atoms with van der Waals surface area (Å²) in [5.74, 6) is -0.131. The summed E-state index contributed by atoms with van der Waals surface area (Å²) in [4.78, 5) is 18.9. The van der Waals surface area contributed by atoms with Crippen LogP contribution in [0.4, 0.5) is 5.69 Å². The van der Waals surface area contributed by atoms with Crippen LogP contribution in [0.1, 0.15) is 34.5 Å². The number of H-pyrrole nitrogens is 1. The van der Waals surface area contributed by atoms with Crippen LogP contribution < -0.4 is 5.32 Å². The number of nitrogens with one attached hydrogen (secondary N) is 2. The van der Waals surface area contributed by atoms with Crippen molar-refractivity contribution in [2.24, 2.45) is 0 Å². The van der Waals surface area contributed by atoms with E-state index in [0.717, 1.165) is 42.0 Å². The van der Waals surface area contributed by atoms with Gasteiger partial charge in [-0.3, -0.25) is 4.79 Å². The van der Waals surface area contributed by atoms with Gasteiger partial charge in [-0.05, 0) is 96.8 Å². The van der Waals surface area contributed by atoms with Gasteiger partial charge < -0.3 is 15.2 Å². The molecule has 2 aromatic rings. The molecule has 0 radical (unpaired) electrons. The van der Waals surface area contributed by atoms with Gasteiger partial charge in [0, 0.05) is 22.6 Å². The lowest BCUT2D eigenvalue weighted by Crippen LogP contribution is -2.15. The maximum Gasteiger partial charge on any atom is 0.256 e. The third kappa shape index (κ3) is 4.52. The van der Waals surface area contributed by atoms with Gasteiger partial charge in [0.1, 0.15) is 11.0 Å². The Balaban J connectivity index is 1.95. The van der Waals surface area contributed by atoms with Gasteiger partial charge in [0.15, 0.2) is 0 Å². The molecule has 0 saturated heterocycles. The van der Waals surface area contributed by atoms with Crippen molar-refractivity contribution >= 4 is 34.2 Å². The summed E-state index contributed by atoms with van der Waals surface area (Å²) in [7, 11) is 6.45. The maximum absolute atomic E-state index is 12.6.